The molecule has 5 fully saturated rings. The second-order valence-corrected chi connectivity index (χ2v) is 20.1. The number of anilines is 2. The first-order valence-electron chi connectivity index (χ1n) is 24.2. The van der Waals surface area contributed by atoms with Gasteiger partial charge in [0.2, 0.25) is 0 Å². The largest absolute Gasteiger partial charge is 0.383 e. The van der Waals surface area contributed by atoms with Crippen LogP contribution < -0.4 is 21.0 Å². The van der Waals surface area contributed by atoms with Gasteiger partial charge in [-0.25, -0.2) is 5.01 Å². The Balaban J connectivity index is 0.000000798. The Labute approximate surface area is 382 Å². The quantitative estimate of drug-likeness (QED) is 0.0690. The maximum absolute atomic E-state index is 12.1. The van der Waals surface area contributed by atoms with Crippen LogP contribution in [-0.4, -0.2) is 149 Å². The Hall–Kier alpha value is -3.70. The lowest BCUT2D eigenvalue weighted by Gasteiger charge is -2.59. The van der Waals surface area contributed by atoms with E-state index in [1.807, 2.05) is 6.20 Å². The summed E-state index contributed by atoms with van der Waals surface area (Å²) in [7, 11) is 5.56. The zero-order chi connectivity index (χ0) is 45.4. The topological polar surface area (TPSA) is 146 Å². The summed E-state index contributed by atoms with van der Waals surface area (Å²) in [5, 5.41) is 6.06. The molecule has 1 spiro atoms. The molecule has 1 aromatic carbocycles. The Morgan fingerprint density at radius 2 is 1.83 bits per heavy atom. The smallest absolute Gasteiger partial charge is 0.155 e. The Morgan fingerprint density at radius 3 is 2.41 bits per heavy atom. The molecule has 3 aliphatic heterocycles. The molecule has 2 aromatic heterocycles. The van der Waals surface area contributed by atoms with E-state index in [0.29, 0.717) is 25.0 Å². The molecule has 64 heavy (non-hydrogen) atoms. The number of aryl methyl sites for hydroxylation is 1. The first-order chi connectivity index (χ1) is 30.9. The second-order valence-electron chi connectivity index (χ2n) is 20.1. The summed E-state index contributed by atoms with van der Waals surface area (Å²) in [4.78, 5) is 43.5. The molecule has 0 radical (unpaired) electrons. The molecule has 3 atom stereocenters. The summed E-state index contributed by atoms with van der Waals surface area (Å²) in [6, 6.07) is 9.35. The summed E-state index contributed by atoms with van der Waals surface area (Å²) in [5.41, 5.74) is 17.3. The number of nitrogens with zero attached hydrogens (tertiary/aromatic N) is 8. The van der Waals surface area contributed by atoms with Crippen LogP contribution in [0.3, 0.4) is 0 Å². The molecule has 15 heteroatoms. The fourth-order valence-corrected chi connectivity index (χ4v) is 10.6. The number of hydrogen-bond donors (Lipinski definition) is 2. The molecule has 0 bridgehead atoms. The van der Waals surface area contributed by atoms with E-state index < -0.39 is 11.5 Å². The van der Waals surface area contributed by atoms with Crippen LogP contribution in [0.25, 0.3) is 22.2 Å². The van der Waals surface area contributed by atoms with E-state index in [2.05, 4.69) is 98.9 Å². The third kappa shape index (κ3) is 11.3. The average Bonchev–Trinajstić information content (AvgIpc) is 4.09. The third-order valence-corrected chi connectivity index (χ3v) is 14.8. The van der Waals surface area contributed by atoms with Crippen molar-refractivity contribution >= 4 is 28.6 Å². The zero-order valence-electron chi connectivity index (χ0n) is 40.0. The number of likely N-dealkylation sites (tertiary alicyclic amines) is 1. The number of nitrogens with two attached hydrogens (primary N) is 1. The lowest BCUT2D eigenvalue weighted by atomic mass is 9.63. The Morgan fingerprint density at radius 1 is 1.06 bits per heavy atom. The van der Waals surface area contributed by atoms with E-state index in [-0.39, 0.29) is 18.8 Å². The highest BCUT2D eigenvalue weighted by atomic mass is 16.7. The number of pyridine rings is 1. The van der Waals surface area contributed by atoms with Crippen molar-refractivity contribution in [1.82, 2.24) is 29.8 Å². The molecule has 354 valence electrons. The number of hydrogen-bond acceptors (Lipinski definition) is 14. The van der Waals surface area contributed by atoms with Gasteiger partial charge in [0.25, 0.3) is 0 Å². The van der Waals surface area contributed by atoms with Crippen molar-refractivity contribution in [2.24, 2.45) is 21.9 Å². The number of nitrogens with one attached hydrogen (secondary N) is 1. The summed E-state index contributed by atoms with van der Waals surface area (Å²) in [5.74, 6) is 0. The molecule has 3 saturated heterocycles. The fraction of sp³-hybridized carbons (Fsp3) is 0.714. The van der Waals surface area contributed by atoms with Gasteiger partial charge in [-0.15, -0.1) is 4.91 Å². The highest BCUT2D eigenvalue weighted by Gasteiger charge is 2.50. The Bertz CT molecular complexity index is 1980. The highest BCUT2D eigenvalue weighted by Crippen LogP contribution is 2.49. The zero-order valence-corrected chi connectivity index (χ0v) is 40.0. The fourth-order valence-electron chi connectivity index (χ4n) is 10.6. The standard InChI is InChI=1S/C44H66N8O5.C5H12N2/c1-7-52-39-12-11-33(48(21-22-55-5)16-13-40(38(45)27-53)51-28-44(29-51)14-8-15-44)23-35(39)37(25-43(3,4)30-57-47-54)42(52)36-24-34(26-46-41(36)31(2)56-6)50-19-17-49(18-20-50)32-9-10-32;1-7-5-3-2-4-6-7/h11-12,23-24,26-27,31-32,38,40H,7-10,13-22,25,28-30,45H2,1-6H3;6H,2-5H2,1H3. The highest BCUT2D eigenvalue weighted by molar-refractivity contribution is 5.95. The van der Waals surface area contributed by atoms with E-state index in [9.17, 15) is 9.70 Å². The minimum atomic E-state index is -0.526. The number of ether oxygens (including phenoxy) is 2. The maximum atomic E-state index is 12.1. The molecular formula is C49H78N10O5. The molecule has 5 aliphatic rings. The number of aromatic nitrogens is 2. The lowest BCUT2D eigenvalue weighted by molar-refractivity contribution is -0.116. The number of carbonyl (C=O) groups is 1. The first-order valence-corrected chi connectivity index (χ1v) is 24.2. The van der Waals surface area contributed by atoms with E-state index >= 15 is 0 Å². The van der Waals surface area contributed by atoms with Crippen LogP contribution in [0.15, 0.2) is 35.8 Å². The van der Waals surface area contributed by atoms with Gasteiger partial charge in [-0.3, -0.25) is 20.2 Å². The number of benzene rings is 1. The predicted molar refractivity (Wildman–Crippen MR) is 257 cm³/mol. The molecule has 2 saturated carbocycles. The van der Waals surface area contributed by atoms with Gasteiger partial charge in [0.15, 0.2) is 5.34 Å². The van der Waals surface area contributed by atoms with Gasteiger partial charge in [0.1, 0.15) is 12.9 Å². The summed E-state index contributed by atoms with van der Waals surface area (Å²) in [6.07, 6.45) is 13.3. The predicted octanol–water partition coefficient (Wildman–Crippen LogP) is 6.42. The van der Waals surface area contributed by atoms with E-state index in [0.717, 1.165) is 117 Å². The van der Waals surface area contributed by atoms with Crippen molar-refractivity contribution in [2.45, 2.75) is 116 Å². The number of carbonyl (C=O) groups excluding carboxylic acids is 1. The second kappa shape index (κ2) is 21.7. The summed E-state index contributed by atoms with van der Waals surface area (Å²) < 4.78 is 14.0. The van der Waals surface area contributed by atoms with Crippen molar-refractivity contribution in [1.29, 1.82) is 0 Å². The van der Waals surface area contributed by atoms with Crippen molar-refractivity contribution in [3.8, 4) is 11.3 Å². The minimum absolute atomic E-state index is 0.00396. The van der Waals surface area contributed by atoms with Crippen molar-refractivity contribution in [3.05, 3.63) is 46.6 Å². The summed E-state index contributed by atoms with van der Waals surface area (Å²) in [6.45, 7) is 20.0. The van der Waals surface area contributed by atoms with Gasteiger partial charge in [-0.05, 0) is 100 Å². The van der Waals surface area contributed by atoms with Crippen LogP contribution in [0.2, 0.25) is 0 Å². The van der Waals surface area contributed by atoms with Gasteiger partial charge >= 0.3 is 0 Å². The summed E-state index contributed by atoms with van der Waals surface area (Å²) >= 11 is 0. The molecule has 3 unspecified atom stereocenters. The number of fused-ring (bicyclic) bond motifs is 1. The van der Waals surface area contributed by atoms with Crippen LogP contribution in [0.5, 0.6) is 0 Å². The van der Waals surface area contributed by atoms with Gasteiger partial charge < -0.3 is 39.2 Å². The number of aldehydes is 1. The molecule has 8 rings (SSSR count). The van der Waals surface area contributed by atoms with Crippen LogP contribution in [0.4, 0.5) is 11.4 Å². The molecule has 5 heterocycles. The Kier molecular flexibility index (Phi) is 16.4. The third-order valence-electron chi connectivity index (χ3n) is 14.8. The van der Waals surface area contributed by atoms with E-state index in [4.69, 9.17) is 25.0 Å². The van der Waals surface area contributed by atoms with Crippen LogP contribution >= 0.6 is 0 Å². The number of rotatable bonds is 21. The van der Waals surface area contributed by atoms with E-state index in [1.165, 1.54) is 57.1 Å². The van der Waals surface area contributed by atoms with Gasteiger partial charge in [0.05, 0.1) is 42.0 Å². The normalized spacial score (nSPS) is 20.8. The van der Waals surface area contributed by atoms with Crippen molar-refractivity contribution in [2.75, 3.05) is 110 Å². The van der Waals surface area contributed by atoms with E-state index in [1.54, 1.807) is 14.2 Å². The molecule has 2 aliphatic carbocycles. The van der Waals surface area contributed by atoms with Gasteiger partial charge in [-0.1, -0.05) is 20.3 Å². The van der Waals surface area contributed by atoms with Crippen LogP contribution in [0.1, 0.15) is 96.4 Å². The van der Waals surface area contributed by atoms with Crippen LogP contribution in [-0.2, 0) is 32.1 Å². The molecule has 0 amide bonds. The molecule has 3 N–H and O–H groups in total. The number of methoxy groups -OCH3 is 2. The van der Waals surface area contributed by atoms with Gasteiger partial charge in [-0.2, -0.15) is 0 Å². The molecule has 15 nitrogen and oxygen atoms in total. The minimum Gasteiger partial charge on any atom is -0.383 e. The molecular weight excluding hydrogens is 809 g/mol. The SMILES string of the molecule is CCn1c(-c2cc(N3CCN(C4CC4)CC3)cnc2C(C)OC)c(CC(C)(C)CON=O)c2cc(N(CCOC)CCC(C(N)C=O)N3CC4(CCC4)C3)ccc21.CN1CCCCN1. The lowest BCUT2D eigenvalue weighted by Crippen LogP contribution is -2.66. The van der Waals surface area contributed by atoms with Crippen LogP contribution in [0, 0.1) is 15.7 Å². The molecule has 3 aromatic rings. The van der Waals surface area contributed by atoms with Gasteiger partial charge in [0, 0.05) is 133 Å². The average molecular weight is 887 g/mol. The maximum Gasteiger partial charge on any atom is 0.155 e. The first kappa shape index (κ1) is 48.2. The number of hydrazine groups is 1. The van der Waals surface area contributed by atoms with Crippen molar-refractivity contribution in [3.63, 3.8) is 0 Å². The monoisotopic (exact) mass is 887 g/mol. The number of piperazine rings is 1. The van der Waals surface area contributed by atoms with Crippen molar-refractivity contribution < 1.29 is 19.1 Å².